The molecular formula is C11H10O3. The Kier molecular flexibility index (Phi) is 0.646. The number of methoxy groups -OCH3 is 1. The van der Waals surface area contributed by atoms with Crippen LogP contribution in [0.1, 0.15) is 0 Å². The van der Waals surface area contributed by atoms with Crippen LogP contribution in [-0.2, 0) is 14.3 Å². The summed E-state index contributed by atoms with van der Waals surface area (Å²) >= 11 is 0. The molecule has 6 rings (SSSR count). The number of rotatable bonds is 1. The molecule has 0 spiro atoms. The fraction of sp³-hybridized carbons (Fsp3) is 0.818. The molecule has 6 saturated carbocycles. The Morgan fingerprint density at radius 2 is 1.86 bits per heavy atom. The van der Waals surface area contributed by atoms with E-state index < -0.39 is 0 Å². The van der Waals surface area contributed by atoms with Crippen LogP contribution in [0.2, 0.25) is 0 Å². The van der Waals surface area contributed by atoms with Crippen LogP contribution < -0.4 is 0 Å². The van der Waals surface area contributed by atoms with Crippen LogP contribution >= 0.6 is 0 Å². The molecule has 6 fully saturated rings. The van der Waals surface area contributed by atoms with E-state index >= 15 is 0 Å². The standard InChI is InChI=1S/C11H10O3/c1-14-10(13)11-6-3-2-4(6)8(11)5(7(3)11)9(2)12/h2-8H,1H3/t2?,3-,4-,5?,6?,7-,8+,11?/m1/s1. The monoisotopic (exact) mass is 190 g/mol. The number of ketones is 1. The molecule has 6 aliphatic rings. The highest BCUT2D eigenvalue weighted by molar-refractivity contribution is 6.02. The summed E-state index contributed by atoms with van der Waals surface area (Å²) in [6, 6.07) is 0. The van der Waals surface area contributed by atoms with Crippen LogP contribution in [0.3, 0.4) is 0 Å². The molecule has 3 heteroatoms. The van der Waals surface area contributed by atoms with Crippen LogP contribution in [0.5, 0.6) is 0 Å². The maximum atomic E-state index is 11.8. The largest absolute Gasteiger partial charge is 0.469 e. The third-order valence-electron chi connectivity index (χ3n) is 6.11. The molecule has 0 heterocycles. The Bertz CT molecular complexity index is 406. The molecule has 4 unspecified atom stereocenters. The average molecular weight is 190 g/mol. The maximum Gasteiger partial charge on any atom is 0.312 e. The summed E-state index contributed by atoms with van der Waals surface area (Å²) in [6.45, 7) is 0. The molecule has 6 aliphatic carbocycles. The van der Waals surface area contributed by atoms with Gasteiger partial charge in [-0.25, -0.2) is 0 Å². The van der Waals surface area contributed by atoms with Crippen LogP contribution in [0.4, 0.5) is 0 Å². The summed E-state index contributed by atoms with van der Waals surface area (Å²) < 4.78 is 4.90. The quantitative estimate of drug-likeness (QED) is 0.551. The van der Waals surface area contributed by atoms with Gasteiger partial charge in [0.15, 0.2) is 0 Å². The van der Waals surface area contributed by atoms with Gasteiger partial charge in [0.05, 0.1) is 12.5 Å². The van der Waals surface area contributed by atoms with E-state index in [4.69, 9.17) is 4.74 Å². The number of hydrogen-bond acceptors (Lipinski definition) is 3. The van der Waals surface area contributed by atoms with Gasteiger partial charge in [-0.2, -0.15) is 0 Å². The minimum atomic E-state index is -0.141. The van der Waals surface area contributed by atoms with Gasteiger partial charge in [-0.05, 0) is 29.6 Å². The van der Waals surface area contributed by atoms with Gasteiger partial charge in [0.1, 0.15) is 5.78 Å². The third-order valence-corrected chi connectivity index (χ3v) is 6.11. The van der Waals surface area contributed by atoms with Gasteiger partial charge in [-0.1, -0.05) is 0 Å². The van der Waals surface area contributed by atoms with Crippen molar-refractivity contribution in [1.82, 2.24) is 0 Å². The van der Waals surface area contributed by atoms with Gasteiger partial charge in [-0.15, -0.1) is 0 Å². The fourth-order valence-electron chi connectivity index (χ4n) is 6.13. The number of carbonyl (C=O) groups is 2. The normalized spacial score (nSPS) is 72.6. The minimum absolute atomic E-state index is 0.0191. The van der Waals surface area contributed by atoms with E-state index in [1.165, 1.54) is 7.11 Å². The van der Waals surface area contributed by atoms with Crippen LogP contribution in [0.15, 0.2) is 0 Å². The van der Waals surface area contributed by atoms with E-state index in [0.29, 0.717) is 41.3 Å². The molecule has 0 radical (unpaired) electrons. The fourth-order valence-corrected chi connectivity index (χ4v) is 6.13. The molecule has 0 N–H and O–H groups in total. The molecule has 8 atom stereocenters. The molecule has 72 valence electrons. The highest BCUT2D eigenvalue weighted by atomic mass is 16.5. The lowest BCUT2D eigenvalue weighted by Crippen LogP contribution is -2.90. The molecule has 14 heavy (non-hydrogen) atoms. The Morgan fingerprint density at radius 3 is 2.36 bits per heavy atom. The number of Topliss-reactive ketones (excluding diaryl/α,β-unsaturated/α-hetero) is 1. The molecule has 0 aromatic carbocycles. The van der Waals surface area contributed by atoms with Gasteiger partial charge in [0.2, 0.25) is 0 Å². The molecule has 0 aromatic heterocycles. The second-order valence-electron chi connectivity index (χ2n) is 5.61. The van der Waals surface area contributed by atoms with E-state index in [1.54, 1.807) is 0 Å². The molecule has 0 aromatic rings. The first-order valence-corrected chi connectivity index (χ1v) is 5.38. The zero-order valence-corrected chi connectivity index (χ0v) is 7.77. The summed E-state index contributed by atoms with van der Waals surface area (Å²) in [5.74, 6) is 3.70. The van der Waals surface area contributed by atoms with E-state index in [0.717, 1.165) is 0 Å². The first-order chi connectivity index (χ1) is 6.76. The average Bonchev–Trinajstić information content (AvgIpc) is 2.41. The Morgan fingerprint density at radius 1 is 1.21 bits per heavy atom. The molecule has 0 saturated heterocycles. The first-order valence-electron chi connectivity index (χ1n) is 5.38. The third kappa shape index (κ3) is 0.270. The summed E-state index contributed by atoms with van der Waals surface area (Å²) in [5, 5.41) is 0. The SMILES string of the molecule is COC(=O)C12C3[C@H]4C5C(=O)C([C@H]41)[C@H]2[C@H]53. The van der Waals surface area contributed by atoms with Gasteiger partial charge < -0.3 is 4.74 Å². The summed E-state index contributed by atoms with van der Waals surface area (Å²) in [6.07, 6.45) is 0. The van der Waals surface area contributed by atoms with Crippen molar-refractivity contribution in [3.05, 3.63) is 0 Å². The second-order valence-corrected chi connectivity index (χ2v) is 5.61. The van der Waals surface area contributed by atoms with Crippen molar-refractivity contribution >= 4 is 11.8 Å². The number of ether oxygens (including phenoxy) is 1. The van der Waals surface area contributed by atoms with E-state index in [-0.39, 0.29) is 17.3 Å². The summed E-state index contributed by atoms with van der Waals surface area (Å²) in [5.41, 5.74) is -0.141. The van der Waals surface area contributed by atoms with Crippen molar-refractivity contribution < 1.29 is 14.3 Å². The van der Waals surface area contributed by atoms with Crippen LogP contribution in [0, 0.1) is 46.8 Å². The van der Waals surface area contributed by atoms with Gasteiger partial charge in [-0.3, -0.25) is 9.59 Å². The van der Waals surface area contributed by atoms with Crippen molar-refractivity contribution in [3.63, 3.8) is 0 Å². The smallest absolute Gasteiger partial charge is 0.312 e. The summed E-state index contributed by atoms with van der Waals surface area (Å²) in [7, 11) is 1.47. The zero-order chi connectivity index (χ0) is 9.40. The molecule has 2 bridgehead atoms. The number of esters is 1. The zero-order valence-electron chi connectivity index (χ0n) is 7.77. The number of carbonyl (C=O) groups excluding carboxylic acids is 2. The van der Waals surface area contributed by atoms with Crippen molar-refractivity contribution in [3.8, 4) is 0 Å². The maximum absolute atomic E-state index is 11.8. The van der Waals surface area contributed by atoms with Crippen LogP contribution in [-0.4, -0.2) is 18.9 Å². The minimum Gasteiger partial charge on any atom is -0.469 e. The number of hydrogen-bond donors (Lipinski definition) is 0. The Hall–Kier alpha value is -0.860. The van der Waals surface area contributed by atoms with Gasteiger partial charge in [0, 0.05) is 11.8 Å². The van der Waals surface area contributed by atoms with Crippen LogP contribution in [0.25, 0.3) is 0 Å². The first kappa shape index (κ1) is 6.59. The second kappa shape index (κ2) is 1.37. The van der Waals surface area contributed by atoms with Crippen molar-refractivity contribution in [2.75, 3.05) is 7.11 Å². The van der Waals surface area contributed by atoms with E-state index in [1.807, 2.05) is 0 Å². The van der Waals surface area contributed by atoms with Crippen molar-refractivity contribution in [2.24, 2.45) is 46.8 Å². The lowest BCUT2D eigenvalue weighted by Gasteiger charge is -2.88. The highest BCUT2D eigenvalue weighted by Gasteiger charge is 3.02. The predicted octanol–water partition coefficient (Wildman–Crippen LogP) is 0.0963. The topological polar surface area (TPSA) is 43.4 Å². The lowest BCUT2D eigenvalue weighted by molar-refractivity contribution is -0.430. The Labute approximate surface area is 80.8 Å². The Balaban J connectivity index is 1.69. The molecular weight excluding hydrogens is 180 g/mol. The molecule has 0 amide bonds. The van der Waals surface area contributed by atoms with Crippen molar-refractivity contribution in [2.45, 2.75) is 0 Å². The predicted molar refractivity (Wildman–Crippen MR) is 43.9 cm³/mol. The van der Waals surface area contributed by atoms with Gasteiger partial charge >= 0.3 is 5.97 Å². The summed E-state index contributed by atoms with van der Waals surface area (Å²) in [4.78, 5) is 23.5. The van der Waals surface area contributed by atoms with Gasteiger partial charge in [0.25, 0.3) is 0 Å². The molecule has 3 nitrogen and oxygen atoms in total. The van der Waals surface area contributed by atoms with E-state index in [9.17, 15) is 9.59 Å². The lowest BCUT2D eigenvalue weighted by atomic mass is 9.13. The van der Waals surface area contributed by atoms with E-state index in [2.05, 4.69) is 0 Å². The van der Waals surface area contributed by atoms with Crippen molar-refractivity contribution in [1.29, 1.82) is 0 Å². The molecule has 0 aliphatic heterocycles. The highest BCUT2D eigenvalue weighted by Crippen LogP contribution is 2.98.